The van der Waals surface area contributed by atoms with Gasteiger partial charge >= 0.3 is 0 Å². The van der Waals surface area contributed by atoms with Gasteiger partial charge in [0.25, 0.3) is 11.1 Å². The normalized spacial score (nSPS) is 10.3. The molecule has 0 aliphatic rings. The highest BCUT2D eigenvalue weighted by molar-refractivity contribution is 8.13. The molecule has 2 aromatic rings. The number of carbonyl (C=O) groups excluding carboxylic acids is 2. The molecule has 0 spiro atoms. The molecule has 5 nitrogen and oxygen atoms in total. The number of hydrogen-bond donors (Lipinski definition) is 1. The second-order valence-corrected chi connectivity index (χ2v) is 7.35. The zero-order chi connectivity index (χ0) is 19.6. The van der Waals surface area contributed by atoms with Gasteiger partial charge < -0.3 is 15.0 Å². The molecule has 0 saturated carbocycles. The molecule has 0 fully saturated rings. The lowest BCUT2D eigenvalue weighted by molar-refractivity contribution is 0.102. The molecule has 6 heteroatoms. The van der Waals surface area contributed by atoms with Crippen molar-refractivity contribution in [3.8, 4) is 5.75 Å². The summed E-state index contributed by atoms with van der Waals surface area (Å²) in [6, 6.07) is 14.4. The molecule has 0 aromatic heterocycles. The number of thioether (sulfide) groups is 1. The van der Waals surface area contributed by atoms with Gasteiger partial charge in [-0.3, -0.25) is 9.59 Å². The Bertz CT molecular complexity index is 760. The number of unbranched alkanes of at least 4 members (excludes halogenated alkanes) is 2. The van der Waals surface area contributed by atoms with Crippen molar-refractivity contribution in [1.82, 2.24) is 4.90 Å². The van der Waals surface area contributed by atoms with Crippen LogP contribution in [0.1, 0.15) is 36.5 Å². The molecular formula is C21H26N2O3S. The number of nitrogens with zero attached hydrogens (tertiary/aromatic N) is 1. The Hall–Kier alpha value is -2.47. The van der Waals surface area contributed by atoms with Crippen molar-refractivity contribution in [2.45, 2.75) is 31.1 Å². The van der Waals surface area contributed by atoms with Crippen LogP contribution in [0.25, 0.3) is 0 Å². The number of rotatable bonds is 8. The van der Waals surface area contributed by atoms with Gasteiger partial charge in [0.2, 0.25) is 0 Å². The van der Waals surface area contributed by atoms with E-state index in [9.17, 15) is 9.59 Å². The predicted molar refractivity (Wildman–Crippen MR) is 111 cm³/mol. The quantitative estimate of drug-likeness (QED) is 0.495. The van der Waals surface area contributed by atoms with Gasteiger partial charge in [0.1, 0.15) is 5.75 Å². The summed E-state index contributed by atoms with van der Waals surface area (Å²) in [6.07, 6.45) is 3.34. The van der Waals surface area contributed by atoms with Crippen LogP contribution in [0.15, 0.2) is 53.4 Å². The minimum atomic E-state index is -0.200. The van der Waals surface area contributed by atoms with Crippen molar-refractivity contribution in [1.29, 1.82) is 0 Å². The zero-order valence-electron chi connectivity index (χ0n) is 16.0. The van der Waals surface area contributed by atoms with Crippen LogP contribution in [0.5, 0.6) is 5.75 Å². The Morgan fingerprint density at radius 2 is 1.81 bits per heavy atom. The van der Waals surface area contributed by atoms with Gasteiger partial charge in [-0.2, -0.15) is 0 Å². The molecule has 0 heterocycles. The number of amides is 2. The summed E-state index contributed by atoms with van der Waals surface area (Å²) in [7, 11) is 3.41. The highest BCUT2D eigenvalue weighted by Gasteiger charge is 2.10. The molecule has 2 rings (SSSR count). The molecule has 144 valence electrons. The first-order valence-corrected chi connectivity index (χ1v) is 9.84. The fourth-order valence-electron chi connectivity index (χ4n) is 2.28. The van der Waals surface area contributed by atoms with Crippen LogP contribution in [-0.4, -0.2) is 36.7 Å². The van der Waals surface area contributed by atoms with Gasteiger partial charge in [-0.1, -0.05) is 25.8 Å². The largest absolute Gasteiger partial charge is 0.494 e. The van der Waals surface area contributed by atoms with E-state index in [0.29, 0.717) is 17.9 Å². The van der Waals surface area contributed by atoms with Crippen molar-refractivity contribution < 1.29 is 14.3 Å². The molecule has 0 aliphatic heterocycles. The lowest BCUT2D eigenvalue weighted by atomic mass is 10.2. The third kappa shape index (κ3) is 6.98. The topological polar surface area (TPSA) is 58.6 Å². The van der Waals surface area contributed by atoms with Gasteiger partial charge in [0.15, 0.2) is 0 Å². The number of nitrogens with one attached hydrogen (secondary N) is 1. The lowest BCUT2D eigenvalue weighted by Crippen LogP contribution is -2.16. The maximum Gasteiger partial charge on any atom is 0.285 e. The first-order chi connectivity index (χ1) is 13.0. The average Bonchev–Trinajstić information content (AvgIpc) is 2.66. The van der Waals surface area contributed by atoms with Crippen LogP contribution in [0.2, 0.25) is 0 Å². The molecule has 0 unspecified atom stereocenters. The third-order valence-corrected chi connectivity index (χ3v) is 4.82. The number of hydrogen-bond acceptors (Lipinski definition) is 4. The van der Waals surface area contributed by atoms with Crippen LogP contribution >= 0.6 is 11.8 Å². The van der Waals surface area contributed by atoms with E-state index in [4.69, 9.17) is 4.74 Å². The molecule has 2 aromatic carbocycles. The summed E-state index contributed by atoms with van der Waals surface area (Å²) in [4.78, 5) is 26.5. The minimum Gasteiger partial charge on any atom is -0.494 e. The Labute approximate surface area is 165 Å². The van der Waals surface area contributed by atoms with Crippen LogP contribution in [0.3, 0.4) is 0 Å². The fourth-order valence-corrected chi connectivity index (χ4v) is 2.99. The lowest BCUT2D eigenvalue weighted by Gasteiger charge is -2.11. The Morgan fingerprint density at radius 1 is 1.07 bits per heavy atom. The molecule has 0 bridgehead atoms. The van der Waals surface area contributed by atoms with Crippen molar-refractivity contribution in [2.24, 2.45) is 0 Å². The maximum atomic E-state index is 12.4. The molecule has 1 N–H and O–H groups in total. The molecule has 27 heavy (non-hydrogen) atoms. The van der Waals surface area contributed by atoms with Crippen LogP contribution in [-0.2, 0) is 0 Å². The van der Waals surface area contributed by atoms with E-state index in [-0.39, 0.29) is 11.1 Å². The van der Waals surface area contributed by atoms with Crippen molar-refractivity contribution in [2.75, 3.05) is 26.0 Å². The number of benzene rings is 2. The fraction of sp³-hybridized carbons (Fsp3) is 0.333. The predicted octanol–water partition coefficient (Wildman–Crippen LogP) is 5.28. The van der Waals surface area contributed by atoms with Crippen molar-refractivity contribution in [3.05, 3.63) is 54.1 Å². The molecule has 0 radical (unpaired) electrons. The number of carbonyl (C=O) groups is 2. The average molecular weight is 387 g/mol. The Kier molecular flexibility index (Phi) is 8.20. The highest BCUT2D eigenvalue weighted by Crippen LogP contribution is 2.24. The Morgan fingerprint density at radius 3 is 2.48 bits per heavy atom. The number of anilines is 1. The second kappa shape index (κ2) is 10.6. The zero-order valence-corrected chi connectivity index (χ0v) is 16.8. The smallest absolute Gasteiger partial charge is 0.285 e. The minimum absolute atomic E-state index is 0.0620. The second-order valence-electron chi connectivity index (χ2n) is 6.32. The number of ether oxygens (including phenoxy) is 1. The van der Waals surface area contributed by atoms with E-state index < -0.39 is 0 Å². The SMILES string of the molecule is CCCCCOc1ccc(C(=O)Nc2cccc(SC(=O)N(C)C)c2)cc1. The van der Waals surface area contributed by atoms with E-state index in [1.165, 1.54) is 4.90 Å². The highest BCUT2D eigenvalue weighted by atomic mass is 32.2. The van der Waals surface area contributed by atoms with E-state index in [1.807, 2.05) is 24.3 Å². The molecular weight excluding hydrogens is 360 g/mol. The van der Waals surface area contributed by atoms with Gasteiger partial charge in [-0.15, -0.1) is 0 Å². The van der Waals surface area contributed by atoms with E-state index in [0.717, 1.165) is 41.7 Å². The first kappa shape index (κ1) is 20.8. The monoisotopic (exact) mass is 386 g/mol. The summed E-state index contributed by atoms with van der Waals surface area (Å²) in [5.41, 5.74) is 1.20. The van der Waals surface area contributed by atoms with E-state index in [2.05, 4.69) is 12.2 Å². The van der Waals surface area contributed by atoms with Gasteiger partial charge in [0, 0.05) is 30.2 Å². The van der Waals surface area contributed by atoms with E-state index >= 15 is 0 Å². The molecule has 0 atom stereocenters. The summed E-state index contributed by atoms with van der Waals surface area (Å²) in [5, 5.41) is 2.80. The summed E-state index contributed by atoms with van der Waals surface area (Å²) < 4.78 is 5.66. The van der Waals surface area contributed by atoms with Crippen LogP contribution in [0, 0.1) is 0 Å². The summed E-state index contributed by atoms with van der Waals surface area (Å²) in [5.74, 6) is 0.567. The van der Waals surface area contributed by atoms with Crippen molar-refractivity contribution in [3.63, 3.8) is 0 Å². The Balaban J connectivity index is 1.93. The molecule has 2 amide bonds. The van der Waals surface area contributed by atoms with Crippen molar-refractivity contribution >= 4 is 28.6 Å². The third-order valence-electron chi connectivity index (χ3n) is 3.80. The molecule has 0 aliphatic carbocycles. The maximum absolute atomic E-state index is 12.4. The van der Waals surface area contributed by atoms with E-state index in [1.54, 1.807) is 38.4 Å². The van der Waals surface area contributed by atoms with Gasteiger partial charge in [-0.25, -0.2) is 0 Å². The van der Waals surface area contributed by atoms with Crippen LogP contribution < -0.4 is 10.1 Å². The van der Waals surface area contributed by atoms with Gasteiger partial charge in [-0.05, 0) is 60.6 Å². The summed E-state index contributed by atoms with van der Waals surface area (Å²) >= 11 is 1.12. The van der Waals surface area contributed by atoms with Crippen LogP contribution in [0.4, 0.5) is 10.5 Å². The summed E-state index contributed by atoms with van der Waals surface area (Å²) in [6.45, 7) is 2.84. The van der Waals surface area contributed by atoms with Gasteiger partial charge in [0.05, 0.1) is 6.61 Å². The standard InChI is InChI=1S/C21H26N2O3S/c1-4-5-6-14-26-18-12-10-16(11-13-18)20(24)22-17-8-7-9-19(15-17)27-21(25)23(2)3/h7-13,15H,4-6,14H2,1-3H3,(H,22,24). The molecule has 0 saturated heterocycles. The first-order valence-electron chi connectivity index (χ1n) is 9.03.